The van der Waals surface area contributed by atoms with Crippen LogP contribution in [-0.4, -0.2) is 36.8 Å². The Labute approximate surface area is 82.2 Å². The van der Waals surface area contributed by atoms with Gasteiger partial charge in [0.05, 0.1) is 5.92 Å². The van der Waals surface area contributed by atoms with Crippen molar-refractivity contribution in [3.05, 3.63) is 0 Å². The normalized spacial score (nSPS) is 20.1. The molecule has 1 aliphatic rings. The highest BCUT2D eigenvalue weighted by atomic mass is 19.4. The molecule has 5 heteroatoms. The molecule has 84 valence electrons. The van der Waals surface area contributed by atoms with E-state index in [1.807, 2.05) is 11.8 Å². The minimum absolute atomic E-state index is 0.0567. The first-order valence-electron chi connectivity index (χ1n) is 4.99. The fourth-order valence-electron chi connectivity index (χ4n) is 1.57. The molecule has 1 saturated carbocycles. The third kappa shape index (κ3) is 3.13. The van der Waals surface area contributed by atoms with E-state index >= 15 is 0 Å². The molecule has 1 unspecified atom stereocenters. The number of rotatable bonds is 5. The van der Waals surface area contributed by atoms with Crippen LogP contribution in [0.1, 0.15) is 19.8 Å². The van der Waals surface area contributed by atoms with Gasteiger partial charge >= 0.3 is 6.18 Å². The van der Waals surface area contributed by atoms with Crippen molar-refractivity contribution in [1.82, 2.24) is 4.90 Å². The van der Waals surface area contributed by atoms with Crippen LogP contribution < -0.4 is 5.73 Å². The predicted molar refractivity (Wildman–Crippen MR) is 48.9 cm³/mol. The lowest BCUT2D eigenvalue weighted by Crippen LogP contribution is -2.41. The maximum absolute atomic E-state index is 12.4. The van der Waals surface area contributed by atoms with Crippen LogP contribution >= 0.6 is 0 Å². The average molecular weight is 210 g/mol. The van der Waals surface area contributed by atoms with Gasteiger partial charge in [0.1, 0.15) is 0 Å². The van der Waals surface area contributed by atoms with Gasteiger partial charge in [0.2, 0.25) is 0 Å². The lowest BCUT2D eigenvalue weighted by atomic mass is 10.1. The molecule has 0 spiro atoms. The molecule has 0 radical (unpaired) electrons. The molecule has 0 amide bonds. The minimum atomic E-state index is -4.16. The van der Waals surface area contributed by atoms with E-state index < -0.39 is 12.1 Å². The number of alkyl halides is 3. The predicted octanol–water partition coefficient (Wildman–Crippen LogP) is 1.61. The Bertz CT molecular complexity index is 177. The Kier molecular flexibility index (Phi) is 3.78. The van der Waals surface area contributed by atoms with Crippen LogP contribution in [0.15, 0.2) is 0 Å². The van der Waals surface area contributed by atoms with Crippen molar-refractivity contribution in [1.29, 1.82) is 0 Å². The lowest BCUT2D eigenvalue weighted by Gasteiger charge is -2.26. The third-order valence-electron chi connectivity index (χ3n) is 2.67. The van der Waals surface area contributed by atoms with Crippen LogP contribution in [0.4, 0.5) is 13.2 Å². The summed E-state index contributed by atoms with van der Waals surface area (Å²) in [5.41, 5.74) is 5.14. The summed E-state index contributed by atoms with van der Waals surface area (Å²) in [6.07, 6.45) is -2.09. The molecule has 0 aromatic carbocycles. The standard InChI is InChI=1S/C9H17F3N2/c1-2-14(8-3-4-8)6-7(5-13)9(10,11)12/h7-8H,2-6,13H2,1H3. The van der Waals surface area contributed by atoms with Gasteiger partial charge in [0.15, 0.2) is 0 Å². The molecular formula is C9H17F3N2. The van der Waals surface area contributed by atoms with Crippen LogP contribution in [0, 0.1) is 5.92 Å². The lowest BCUT2D eigenvalue weighted by molar-refractivity contribution is -0.176. The van der Waals surface area contributed by atoms with E-state index in [9.17, 15) is 13.2 Å². The molecule has 14 heavy (non-hydrogen) atoms. The van der Waals surface area contributed by atoms with Gasteiger partial charge in [-0.15, -0.1) is 0 Å². The topological polar surface area (TPSA) is 29.3 Å². The van der Waals surface area contributed by atoms with E-state index in [2.05, 4.69) is 0 Å². The molecule has 2 nitrogen and oxygen atoms in total. The molecule has 1 fully saturated rings. The minimum Gasteiger partial charge on any atom is -0.330 e. The van der Waals surface area contributed by atoms with Crippen LogP contribution in [0.3, 0.4) is 0 Å². The van der Waals surface area contributed by atoms with E-state index in [1.54, 1.807) is 0 Å². The van der Waals surface area contributed by atoms with Gasteiger partial charge in [-0.25, -0.2) is 0 Å². The molecule has 1 aliphatic carbocycles. The summed E-state index contributed by atoms with van der Waals surface area (Å²) in [7, 11) is 0. The van der Waals surface area contributed by atoms with E-state index in [-0.39, 0.29) is 13.1 Å². The van der Waals surface area contributed by atoms with Gasteiger partial charge in [0.25, 0.3) is 0 Å². The summed E-state index contributed by atoms with van der Waals surface area (Å²) in [5.74, 6) is -1.37. The maximum atomic E-state index is 12.4. The quantitative estimate of drug-likeness (QED) is 0.747. The number of hydrogen-bond donors (Lipinski definition) is 1. The molecule has 0 heterocycles. The smallest absolute Gasteiger partial charge is 0.330 e. The molecule has 2 N–H and O–H groups in total. The van der Waals surface area contributed by atoms with E-state index in [0.29, 0.717) is 12.6 Å². The number of nitrogens with zero attached hydrogens (tertiary/aromatic N) is 1. The van der Waals surface area contributed by atoms with Crippen molar-refractivity contribution in [2.45, 2.75) is 32.0 Å². The van der Waals surface area contributed by atoms with Crippen molar-refractivity contribution in [2.24, 2.45) is 11.7 Å². The summed E-state index contributed by atoms with van der Waals surface area (Å²) >= 11 is 0. The zero-order valence-corrected chi connectivity index (χ0v) is 8.35. The van der Waals surface area contributed by atoms with E-state index in [1.165, 1.54) is 0 Å². The number of halogens is 3. The zero-order valence-electron chi connectivity index (χ0n) is 8.35. The third-order valence-corrected chi connectivity index (χ3v) is 2.67. The first kappa shape index (κ1) is 11.8. The number of hydrogen-bond acceptors (Lipinski definition) is 2. The monoisotopic (exact) mass is 210 g/mol. The average Bonchev–Trinajstić information content (AvgIpc) is 2.87. The fourth-order valence-corrected chi connectivity index (χ4v) is 1.57. The largest absolute Gasteiger partial charge is 0.394 e. The molecule has 0 aromatic heterocycles. The highest BCUT2D eigenvalue weighted by Gasteiger charge is 2.41. The summed E-state index contributed by atoms with van der Waals surface area (Å²) in [6.45, 7) is 2.31. The second kappa shape index (κ2) is 4.49. The van der Waals surface area contributed by atoms with E-state index in [4.69, 9.17) is 5.73 Å². The zero-order chi connectivity index (χ0) is 10.8. The van der Waals surface area contributed by atoms with Crippen LogP contribution in [0.25, 0.3) is 0 Å². The molecule has 1 atom stereocenters. The van der Waals surface area contributed by atoms with Crippen molar-refractivity contribution in [2.75, 3.05) is 19.6 Å². The SMILES string of the molecule is CCN(CC(CN)C(F)(F)F)C1CC1. The Hall–Kier alpha value is -0.290. The van der Waals surface area contributed by atoms with E-state index in [0.717, 1.165) is 12.8 Å². The van der Waals surface area contributed by atoms with Gasteiger partial charge < -0.3 is 5.73 Å². The first-order chi connectivity index (χ1) is 6.49. The van der Waals surface area contributed by atoms with Crippen molar-refractivity contribution in [3.8, 4) is 0 Å². The fraction of sp³-hybridized carbons (Fsp3) is 1.00. The molecule has 1 rings (SSSR count). The van der Waals surface area contributed by atoms with Gasteiger partial charge in [-0.05, 0) is 19.4 Å². The Morgan fingerprint density at radius 2 is 2.00 bits per heavy atom. The highest BCUT2D eigenvalue weighted by Crippen LogP contribution is 2.31. The van der Waals surface area contributed by atoms with Crippen molar-refractivity contribution in [3.63, 3.8) is 0 Å². The van der Waals surface area contributed by atoms with Gasteiger partial charge in [-0.1, -0.05) is 6.92 Å². The summed E-state index contributed by atoms with van der Waals surface area (Å²) in [5, 5.41) is 0. The molecule has 0 saturated heterocycles. The number of nitrogens with two attached hydrogens (primary N) is 1. The van der Waals surface area contributed by atoms with Crippen molar-refractivity contribution >= 4 is 0 Å². The van der Waals surface area contributed by atoms with Gasteiger partial charge in [0, 0.05) is 19.1 Å². The molecule has 0 bridgehead atoms. The summed E-state index contributed by atoms with van der Waals surface area (Å²) < 4.78 is 37.2. The van der Waals surface area contributed by atoms with Gasteiger partial charge in [-0.3, -0.25) is 4.90 Å². The van der Waals surface area contributed by atoms with Gasteiger partial charge in [-0.2, -0.15) is 13.2 Å². The first-order valence-corrected chi connectivity index (χ1v) is 4.99. The van der Waals surface area contributed by atoms with Crippen LogP contribution in [-0.2, 0) is 0 Å². The summed E-state index contributed by atoms with van der Waals surface area (Å²) in [4.78, 5) is 1.88. The Morgan fingerprint density at radius 1 is 1.43 bits per heavy atom. The summed E-state index contributed by atoms with van der Waals surface area (Å²) in [6, 6.07) is 0.372. The highest BCUT2D eigenvalue weighted by molar-refractivity contribution is 4.86. The Morgan fingerprint density at radius 3 is 2.29 bits per heavy atom. The maximum Gasteiger partial charge on any atom is 0.394 e. The Balaban J connectivity index is 2.45. The second-order valence-corrected chi connectivity index (χ2v) is 3.79. The second-order valence-electron chi connectivity index (χ2n) is 3.79. The van der Waals surface area contributed by atoms with Crippen molar-refractivity contribution < 1.29 is 13.2 Å². The molecular weight excluding hydrogens is 193 g/mol. The molecule has 0 aliphatic heterocycles. The van der Waals surface area contributed by atoms with Crippen LogP contribution in [0.5, 0.6) is 0 Å². The van der Waals surface area contributed by atoms with Crippen LogP contribution in [0.2, 0.25) is 0 Å². The molecule has 0 aromatic rings.